The molecule has 0 atom stereocenters. The van der Waals surface area contributed by atoms with Gasteiger partial charge in [-0.3, -0.25) is 4.79 Å². The summed E-state index contributed by atoms with van der Waals surface area (Å²) in [5.74, 6) is 0.570. The number of nitrogens with zero attached hydrogens (tertiary/aromatic N) is 2. The molecule has 0 bridgehead atoms. The average Bonchev–Trinajstić information content (AvgIpc) is 3.00. The third kappa shape index (κ3) is 3.22. The van der Waals surface area contributed by atoms with Crippen LogP contribution in [0.5, 0.6) is 0 Å². The van der Waals surface area contributed by atoms with Crippen LogP contribution in [0.2, 0.25) is 0 Å². The molecule has 0 radical (unpaired) electrons. The van der Waals surface area contributed by atoms with Crippen molar-refractivity contribution < 1.29 is 4.79 Å². The van der Waals surface area contributed by atoms with Crippen molar-refractivity contribution in [3.05, 3.63) is 95.7 Å². The van der Waals surface area contributed by atoms with Crippen LogP contribution in [0.1, 0.15) is 21.6 Å². The highest BCUT2D eigenvalue weighted by Gasteiger charge is 2.13. The maximum absolute atomic E-state index is 12.9. The third-order valence-corrected chi connectivity index (χ3v) is 4.35. The Bertz CT molecular complexity index is 1060. The van der Waals surface area contributed by atoms with E-state index in [4.69, 9.17) is 0 Å². The van der Waals surface area contributed by atoms with Crippen LogP contribution in [0.3, 0.4) is 0 Å². The summed E-state index contributed by atoms with van der Waals surface area (Å²) >= 11 is 0. The number of hydrogen-bond acceptors (Lipinski definition) is 2. The van der Waals surface area contributed by atoms with Gasteiger partial charge >= 0.3 is 0 Å². The van der Waals surface area contributed by atoms with Gasteiger partial charge in [-0.25, -0.2) is 4.68 Å². The van der Waals surface area contributed by atoms with Crippen molar-refractivity contribution in [3.8, 4) is 0 Å². The van der Waals surface area contributed by atoms with E-state index in [0.29, 0.717) is 17.9 Å². The van der Waals surface area contributed by atoms with Crippen LogP contribution >= 0.6 is 0 Å². The summed E-state index contributed by atoms with van der Waals surface area (Å²) in [6, 6.07) is 25.6. The van der Waals surface area contributed by atoms with E-state index in [0.717, 1.165) is 22.0 Å². The SMILES string of the molecule is Cc1cc(NC(=O)c2cccc3ccccc23)n(Cc2ccccc2)n1. The lowest BCUT2D eigenvalue weighted by atomic mass is 10.0. The number of carbonyl (C=O) groups is 1. The molecule has 4 nitrogen and oxygen atoms in total. The second-order valence-corrected chi connectivity index (χ2v) is 6.30. The minimum absolute atomic E-state index is 0.129. The van der Waals surface area contributed by atoms with Crippen LogP contribution in [0.4, 0.5) is 5.82 Å². The molecule has 0 saturated heterocycles. The van der Waals surface area contributed by atoms with Crippen molar-refractivity contribution in [3.63, 3.8) is 0 Å². The zero-order valence-corrected chi connectivity index (χ0v) is 14.5. The molecule has 4 heteroatoms. The fraction of sp³-hybridized carbons (Fsp3) is 0.0909. The maximum Gasteiger partial charge on any atom is 0.257 e. The molecule has 0 aliphatic rings. The summed E-state index contributed by atoms with van der Waals surface area (Å²) in [5, 5.41) is 9.53. The normalized spacial score (nSPS) is 10.8. The molecule has 0 fully saturated rings. The van der Waals surface area contributed by atoms with Gasteiger partial charge in [0.25, 0.3) is 5.91 Å². The van der Waals surface area contributed by atoms with E-state index in [9.17, 15) is 4.79 Å². The molecule has 1 amide bonds. The fourth-order valence-electron chi connectivity index (χ4n) is 3.13. The Kier molecular flexibility index (Phi) is 4.23. The number of amides is 1. The van der Waals surface area contributed by atoms with Crippen LogP contribution in [0, 0.1) is 6.92 Å². The number of anilines is 1. The number of aryl methyl sites for hydroxylation is 1. The Labute approximate surface area is 152 Å². The number of carbonyl (C=O) groups excluding carboxylic acids is 1. The van der Waals surface area contributed by atoms with E-state index in [2.05, 4.69) is 10.4 Å². The van der Waals surface area contributed by atoms with Crippen molar-refractivity contribution in [1.29, 1.82) is 0 Å². The molecule has 0 spiro atoms. The van der Waals surface area contributed by atoms with Crippen LogP contribution in [-0.4, -0.2) is 15.7 Å². The lowest BCUT2D eigenvalue weighted by Crippen LogP contribution is -2.16. The Morgan fingerprint density at radius 3 is 2.54 bits per heavy atom. The summed E-state index contributed by atoms with van der Waals surface area (Å²) in [5.41, 5.74) is 2.67. The van der Waals surface area contributed by atoms with E-state index in [1.54, 1.807) is 0 Å². The Balaban J connectivity index is 1.64. The van der Waals surface area contributed by atoms with Gasteiger partial charge in [-0.05, 0) is 29.3 Å². The first-order chi connectivity index (χ1) is 12.7. The lowest BCUT2D eigenvalue weighted by Gasteiger charge is -2.10. The van der Waals surface area contributed by atoms with Gasteiger partial charge < -0.3 is 5.32 Å². The van der Waals surface area contributed by atoms with Gasteiger partial charge in [0.1, 0.15) is 5.82 Å². The van der Waals surface area contributed by atoms with Gasteiger partial charge in [-0.1, -0.05) is 66.7 Å². The zero-order valence-electron chi connectivity index (χ0n) is 14.5. The monoisotopic (exact) mass is 341 g/mol. The fourth-order valence-corrected chi connectivity index (χ4v) is 3.13. The number of benzene rings is 3. The van der Waals surface area contributed by atoms with Crippen LogP contribution < -0.4 is 5.32 Å². The van der Waals surface area contributed by atoms with E-state index >= 15 is 0 Å². The molecule has 4 rings (SSSR count). The van der Waals surface area contributed by atoms with Gasteiger partial charge in [0.15, 0.2) is 0 Å². The molecule has 1 N–H and O–H groups in total. The van der Waals surface area contributed by atoms with E-state index in [1.807, 2.05) is 90.5 Å². The third-order valence-electron chi connectivity index (χ3n) is 4.35. The Morgan fingerprint density at radius 2 is 1.69 bits per heavy atom. The van der Waals surface area contributed by atoms with Crippen molar-refractivity contribution in [2.75, 3.05) is 5.32 Å². The molecule has 0 saturated carbocycles. The summed E-state index contributed by atoms with van der Waals surface area (Å²) in [7, 11) is 0. The first-order valence-corrected chi connectivity index (χ1v) is 8.58. The summed E-state index contributed by atoms with van der Waals surface area (Å²) < 4.78 is 1.83. The minimum atomic E-state index is -0.129. The van der Waals surface area contributed by atoms with E-state index in [1.165, 1.54) is 0 Å². The van der Waals surface area contributed by atoms with Crippen molar-refractivity contribution in [1.82, 2.24) is 9.78 Å². The van der Waals surface area contributed by atoms with Crippen LogP contribution in [-0.2, 0) is 6.54 Å². The second-order valence-electron chi connectivity index (χ2n) is 6.30. The standard InChI is InChI=1S/C22H19N3O/c1-16-14-21(25(24-16)15-17-8-3-2-4-9-17)23-22(26)20-13-7-11-18-10-5-6-12-19(18)20/h2-14H,15H2,1H3,(H,23,26). The number of fused-ring (bicyclic) bond motifs is 1. The smallest absolute Gasteiger partial charge is 0.257 e. The first-order valence-electron chi connectivity index (χ1n) is 8.58. The molecule has 1 heterocycles. The van der Waals surface area contributed by atoms with Crippen molar-refractivity contribution in [2.24, 2.45) is 0 Å². The molecule has 26 heavy (non-hydrogen) atoms. The van der Waals surface area contributed by atoms with Gasteiger partial charge in [-0.2, -0.15) is 5.10 Å². The number of hydrogen-bond donors (Lipinski definition) is 1. The predicted molar refractivity (Wildman–Crippen MR) is 104 cm³/mol. The molecule has 128 valence electrons. The summed E-state index contributed by atoms with van der Waals surface area (Å²) in [4.78, 5) is 12.9. The van der Waals surface area contributed by atoms with E-state index in [-0.39, 0.29) is 5.91 Å². The highest BCUT2D eigenvalue weighted by Crippen LogP contribution is 2.20. The van der Waals surface area contributed by atoms with Crippen molar-refractivity contribution >= 4 is 22.5 Å². The number of aromatic nitrogens is 2. The summed E-state index contributed by atoms with van der Waals surface area (Å²) in [6.07, 6.45) is 0. The van der Waals surface area contributed by atoms with E-state index < -0.39 is 0 Å². The van der Waals surface area contributed by atoms with Crippen molar-refractivity contribution in [2.45, 2.75) is 13.5 Å². The van der Waals surface area contributed by atoms with Crippen LogP contribution in [0.25, 0.3) is 10.8 Å². The molecule has 3 aromatic carbocycles. The maximum atomic E-state index is 12.9. The molecule has 0 unspecified atom stereocenters. The molecule has 0 aliphatic carbocycles. The Morgan fingerprint density at radius 1 is 0.962 bits per heavy atom. The number of nitrogens with one attached hydrogen (secondary N) is 1. The first kappa shape index (κ1) is 16.1. The average molecular weight is 341 g/mol. The Hall–Kier alpha value is -3.40. The van der Waals surface area contributed by atoms with Crippen LogP contribution in [0.15, 0.2) is 78.9 Å². The highest BCUT2D eigenvalue weighted by atomic mass is 16.1. The largest absolute Gasteiger partial charge is 0.307 e. The zero-order chi connectivity index (χ0) is 17.9. The molecular weight excluding hydrogens is 322 g/mol. The van der Waals surface area contributed by atoms with Gasteiger partial charge in [0.2, 0.25) is 0 Å². The molecule has 4 aromatic rings. The molecular formula is C22H19N3O. The molecule has 1 aromatic heterocycles. The lowest BCUT2D eigenvalue weighted by molar-refractivity contribution is 0.102. The highest BCUT2D eigenvalue weighted by molar-refractivity contribution is 6.12. The summed E-state index contributed by atoms with van der Waals surface area (Å²) in [6.45, 7) is 2.54. The van der Waals surface area contributed by atoms with Gasteiger partial charge in [0, 0.05) is 11.6 Å². The predicted octanol–water partition coefficient (Wildman–Crippen LogP) is 4.65. The minimum Gasteiger partial charge on any atom is -0.307 e. The van der Waals surface area contributed by atoms with Gasteiger partial charge in [-0.15, -0.1) is 0 Å². The topological polar surface area (TPSA) is 46.9 Å². The number of rotatable bonds is 4. The second kappa shape index (κ2) is 6.84. The van der Waals surface area contributed by atoms with Gasteiger partial charge in [0.05, 0.1) is 12.2 Å². The molecule has 0 aliphatic heterocycles. The quantitative estimate of drug-likeness (QED) is 0.587.